The smallest absolute Gasteiger partial charge is 0.475 e. The Bertz CT molecular complexity index is 1250. The summed E-state index contributed by atoms with van der Waals surface area (Å²) in [6, 6.07) is 13.2. The molecular formula is C21H18F3N5O3S. The molecule has 4 aromatic rings. The maximum absolute atomic E-state index is 12.5. The number of carbonyl (C=O) groups excluding carboxylic acids is 1. The van der Waals surface area contributed by atoms with E-state index in [9.17, 15) is 18.0 Å². The number of benzene rings is 2. The van der Waals surface area contributed by atoms with Crippen LogP contribution in [0.25, 0.3) is 22.6 Å². The van der Waals surface area contributed by atoms with Crippen molar-refractivity contribution < 1.29 is 27.9 Å². The van der Waals surface area contributed by atoms with Crippen LogP contribution in [-0.2, 0) is 4.79 Å². The van der Waals surface area contributed by atoms with Gasteiger partial charge >= 0.3 is 18.2 Å². The van der Waals surface area contributed by atoms with Gasteiger partial charge in [-0.1, -0.05) is 17.7 Å². The Labute approximate surface area is 189 Å². The Hall–Kier alpha value is -3.93. The number of urea groups is 1. The van der Waals surface area contributed by atoms with Crippen molar-refractivity contribution in [2.75, 3.05) is 17.3 Å². The second-order valence-electron chi connectivity index (χ2n) is 6.82. The molecule has 0 spiro atoms. The number of alkyl halides is 3. The number of fused-ring (bicyclic) bond motifs is 1. The molecule has 0 atom stereocenters. The Morgan fingerprint density at radius 2 is 1.82 bits per heavy atom. The highest BCUT2D eigenvalue weighted by molar-refractivity contribution is 7.07. The van der Waals surface area contributed by atoms with Gasteiger partial charge in [-0.25, -0.2) is 19.6 Å². The van der Waals surface area contributed by atoms with Gasteiger partial charge in [-0.15, -0.1) is 11.3 Å². The summed E-state index contributed by atoms with van der Waals surface area (Å²) >= 11 is 1.52. The normalized spacial score (nSPS) is 10.9. The van der Waals surface area contributed by atoms with Crippen molar-refractivity contribution >= 4 is 45.7 Å². The molecule has 0 fully saturated rings. The number of carboxylic acid groups (broad SMARTS) is 1. The minimum atomic E-state index is -5.08. The van der Waals surface area contributed by atoms with Gasteiger partial charge in [0.15, 0.2) is 5.82 Å². The van der Waals surface area contributed by atoms with Crippen molar-refractivity contribution in [3.63, 3.8) is 0 Å². The summed E-state index contributed by atoms with van der Waals surface area (Å²) in [6.07, 6.45) is -5.08. The van der Waals surface area contributed by atoms with Crippen LogP contribution in [0, 0.1) is 6.92 Å². The maximum atomic E-state index is 12.5. The van der Waals surface area contributed by atoms with E-state index in [2.05, 4.69) is 20.3 Å². The number of thiazole rings is 1. The Balaban J connectivity index is 0.000000383. The number of aromatic amines is 1. The molecule has 2 heterocycles. The molecule has 8 nitrogen and oxygen atoms in total. The number of aliphatic carboxylic acids is 1. The monoisotopic (exact) mass is 477 g/mol. The number of imidazole rings is 1. The summed E-state index contributed by atoms with van der Waals surface area (Å²) in [5.74, 6) is -2.03. The lowest BCUT2D eigenvalue weighted by atomic mass is 10.2. The second kappa shape index (κ2) is 9.69. The van der Waals surface area contributed by atoms with Crippen LogP contribution >= 0.6 is 11.3 Å². The predicted molar refractivity (Wildman–Crippen MR) is 119 cm³/mol. The molecule has 0 aliphatic rings. The molecule has 3 N–H and O–H groups in total. The molecule has 0 bridgehead atoms. The number of nitrogens with zero attached hydrogens (tertiary/aromatic N) is 3. The van der Waals surface area contributed by atoms with Gasteiger partial charge in [0.1, 0.15) is 5.69 Å². The number of carbonyl (C=O) groups is 2. The van der Waals surface area contributed by atoms with Gasteiger partial charge in [-0.3, -0.25) is 4.90 Å². The summed E-state index contributed by atoms with van der Waals surface area (Å²) in [4.78, 5) is 35.0. The third kappa shape index (κ3) is 6.07. The lowest BCUT2D eigenvalue weighted by Gasteiger charge is -2.18. The summed E-state index contributed by atoms with van der Waals surface area (Å²) in [7, 11) is 1.75. The number of hydrogen-bond acceptors (Lipinski definition) is 5. The third-order valence-corrected chi connectivity index (χ3v) is 4.96. The van der Waals surface area contributed by atoms with Gasteiger partial charge < -0.3 is 15.4 Å². The van der Waals surface area contributed by atoms with Gasteiger partial charge in [-0.2, -0.15) is 13.2 Å². The van der Waals surface area contributed by atoms with Gasteiger partial charge in [0.05, 0.1) is 16.5 Å². The molecule has 172 valence electrons. The summed E-state index contributed by atoms with van der Waals surface area (Å²) in [5.41, 5.74) is 6.96. The lowest BCUT2D eigenvalue weighted by molar-refractivity contribution is -0.192. The van der Waals surface area contributed by atoms with Gasteiger partial charge in [0.25, 0.3) is 0 Å². The molecule has 0 saturated heterocycles. The predicted octanol–water partition coefficient (Wildman–Crippen LogP) is 5.30. The zero-order valence-corrected chi connectivity index (χ0v) is 18.2. The summed E-state index contributed by atoms with van der Waals surface area (Å²) in [5, 5.41) is 12.0. The van der Waals surface area contributed by atoms with E-state index in [1.165, 1.54) is 11.3 Å². The number of amides is 2. The Morgan fingerprint density at radius 1 is 1.15 bits per heavy atom. The quantitative estimate of drug-likeness (QED) is 0.371. The minimum absolute atomic E-state index is 0.201. The molecule has 2 aromatic heterocycles. The Morgan fingerprint density at radius 3 is 2.39 bits per heavy atom. The van der Waals surface area contributed by atoms with Crippen LogP contribution in [0.5, 0.6) is 0 Å². The van der Waals surface area contributed by atoms with E-state index in [1.54, 1.807) is 17.5 Å². The molecule has 2 amide bonds. The molecule has 12 heteroatoms. The third-order valence-electron chi connectivity index (χ3n) is 4.38. The van der Waals surface area contributed by atoms with E-state index in [1.807, 2.05) is 54.8 Å². The van der Waals surface area contributed by atoms with E-state index >= 15 is 0 Å². The molecule has 4 rings (SSSR count). The number of aryl methyl sites for hydroxylation is 1. The fourth-order valence-electron chi connectivity index (χ4n) is 2.63. The number of aromatic nitrogens is 3. The summed E-state index contributed by atoms with van der Waals surface area (Å²) in [6.45, 7) is 2.02. The highest BCUT2D eigenvalue weighted by Crippen LogP contribution is 2.23. The van der Waals surface area contributed by atoms with Gasteiger partial charge in [-0.05, 0) is 37.3 Å². The lowest BCUT2D eigenvalue weighted by Crippen LogP contribution is -2.31. The number of halogens is 3. The van der Waals surface area contributed by atoms with Crippen molar-refractivity contribution in [3.8, 4) is 11.5 Å². The van der Waals surface area contributed by atoms with E-state index in [0.717, 1.165) is 33.8 Å². The number of hydrogen-bond donors (Lipinski definition) is 3. The fraction of sp³-hybridized carbons (Fsp3) is 0.143. The van der Waals surface area contributed by atoms with Crippen molar-refractivity contribution in [2.45, 2.75) is 13.1 Å². The molecule has 2 aromatic carbocycles. The summed E-state index contributed by atoms with van der Waals surface area (Å²) < 4.78 is 31.7. The largest absolute Gasteiger partial charge is 0.490 e. The first-order chi connectivity index (χ1) is 15.5. The SMILES string of the molecule is Cc1ccc(N(C)C(=O)Nc2ccc3nc(-c4cscn4)[nH]c3c2)cc1.O=C(O)C(F)(F)F. The molecule has 0 radical (unpaired) electrons. The number of H-pyrrole nitrogens is 1. The fourth-order valence-corrected chi connectivity index (χ4v) is 3.17. The van der Waals surface area contributed by atoms with Gasteiger partial charge in [0.2, 0.25) is 0 Å². The average Bonchev–Trinajstić information content (AvgIpc) is 3.43. The van der Waals surface area contributed by atoms with E-state index in [-0.39, 0.29) is 6.03 Å². The molecule has 33 heavy (non-hydrogen) atoms. The van der Waals surface area contributed by atoms with Gasteiger partial charge in [0, 0.05) is 23.8 Å². The van der Waals surface area contributed by atoms with Crippen molar-refractivity contribution in [1.29, 1.82) is 0 Å². The zero-order valence-electron chi connectivity index (χ0n) is 17.3. The van der Waals surface area contributed by atoms with Crippen molar-refractivity contribution in [1.82, 2.24) is 15.0 Å². The number of rotatable bonds is 3. The maximum Gasteiger partial charge on any atom is 0.490 e. The molecule has 0 aliphatic heterocycles. The van der Waals surface area contributed by atoms with Crippen LogP contribution in [-0.4, -0.2) is 45.3 Å². The highest BCUT2D eigenvalue weighted by Gasteiger charge is 2.38. The zero-order chi connectivity index (χ0) is 24.2. The first kappa shape index (κ1) is 23.7. The van der Waals surface area contributed by atoms with Crippen molar-refractivity contribution in [3.05, 3.63) is 58.9 Å². The van der Waals surface area contributed by atoms with Crippen LogP contribution in [0.3, 0.4) is 0 Å². The van der Waals surface area contributed by atoms with Crippen LogP contribution < -0.4 is 10.2 Å². The average molecular weight is 477 g/mol. The molecule has 0 saturated carbocycles. The van der Waals surface area contributed by atoms with Crippen LogP contribution in [0.15, 0.2) is 53.4 Å². The van der Waals surface area contributed by atoms with Crippen LogP contribution in [0.1, 0.15) is 5.56 Å². The van der Waals surface area contributed by atoms with Crippen molar-refractivity contribution in [2.24, 2.45) is 0 Å². The standard InChI is InChI=1S/C19H17N5OS.C2HF3O2/c1-12-3-6-14(7-4-12)24(2)19(25)21-13-5-8-15-16(9-13)23-18(22-15)17-10-26-11-20-17;3-2(4,5)1(6)7/h3-11H,1-2H3,(H,21,25)(H,22,23);(H,6,7). The number of carboxylic acids is 1. The van der Waals surface area contributed by atoms with E-state index < -0.39 is 12.1 Å². The first-order valence-electron chi connectivity index (χ1n) is 9.34. The van der Waals surface area contributed by atoms with Crippen LogP contribution in [0.4, 0.5) is 29.3 Å². The minimum Gasteiger partial charge on any atom is -0.475 e. The number of nitrogens with one attached hydrogen (secondary N) is 2. The molecular weight excluding hydrogens is 459 g/mol. The Kier molecular flexibility index (Phi) is 6.97. The molecule has 0 unspecified atom stereocenters. The van der Waals surface area contributed by atoms with Crippen LogP contribution in [0.2, 0.25) is 0 Å². The topological polar surface area (TPSA) is 111 Å². The first-order valence-corrected chi connectivity index (χ1v) is 10.3. The van der Waals surface area contributed by atoms with E-state index in [0.29, 0.717) is 5.69 Å². The second-order valence-corrected chi connectivity index (χ2v) is 7.54. The van der Waals surface area contributed by atoms with E-state index in [4.69, 9.17) is 9.90 Å². The highest BCUT2D eigenvalue weighted by atomic mass is 32.1. The number of anilines is 2. The molecule has 0 aliphatic carbocycles.